The highest BCUT2D eigenvalue weighted by Gasteiger charge is 2.13. The Labute approximate surface area is 108 Å². The van der Waals surface area contributed by atoms with E-state index in [4.69, 9.17) is 0 Å². The first-order chi connectivity index (χ1) is 8.55. The molecule has 0 atom stereocenters. The Kier molecular flexibility index (Phi) is 3.81. The van der Waals surface area contributed by atoms with E-state index in [1.165, 1.54) is 5.56 Å². The Bertz CT molecular complexity index is 464. The molecular weight excluding hydrogens is 226 g/mol. The van der Waals surface area contributed by atoms with Gasteiger partial charge < -0.3 is 9.88 Å². The molecule has 98 valence electrons. The number of nitrogens with zero attached hydrogens (tertiary/aromatic N) is 4. The molecule has 0 unspecified atom stereocenters. The molecule has 0 bridgehead atoms. The molecule has 0 amide bonds. The molecule has 1 N–H and O–H groups in total. The van der Waals surface area contributed by atoms with E-state index < -0.39 is 0 Å². The summed E-state index contributed by atoms with van der Waals surface area (Å²) in [6.45, 7) is 9.16. The molecule has 0 radical (unpaired) electrons. The minimum atomic E-state index is 0.0507. The second-order valence-corrected chi connectivity index (χ2v) is 5.44. The Hall–Kier alpha value is -1.62. The van der Waals surface area contributed by atoms with E-state index >= 15 is 0 Å². The van der Waals surface area contributed by atoms with Crippen molar-refractivity contribution in [1.82, 2.24) is 24.6 Å². The van der Waals surface area contributed by atoms with Crippen molar-refractivity contribution in [2.24, 2.45) is 0 Å². The van der Waals surface area contributed by atoms with Gasteiger partial charge in [-0.3, -0.25) is 4.68 Å². The van der Waals surface area contributed by atoms with Crippen LogP contribution in [0.1, 0.15) is 26.3 Å². The predicted molar refractivity (Wildman–Crippen MR) is 71.2 cm³/mol. The summed E-state index contributed by atoms with van der Waals surface area (Å²) in [6.07, 6.45) is 9.63. The molecule has 18 heavy (non-hydrogen) atoms. The van der Waals surface area contributed by atoms with Gasteiger partial charge in [0.1, 0.15) is 0 Å². The molecule has 2 aromatic heterocycles. The fourth-order valence-electron chi connectivity index (χ4n) is 1.68. The summed E-state index contributed by atoms with van der Waals surface area (Å²) in [7, 11) is 0. The molecule has 0 spiro atoms. The molecule has 5 heteroatoms. The highest BCUT2D eigenvalue weighted by Crippen LogP contribution is 2.12. The van der Waals surface area contributed by atoms with E-state index in [-0.39, 0.29) is 5.54 Å². The number of hydrogen-bond acceptors (Lipinski definition) is 3. The summed E-state index contributed by atoms with van der Waals surface area (Å²) in [4.78, 5) is 4.01. The lowest BCUT2D eigenvalue weighted by Gasteiger charge is -2.18. The predicted octanol–water partition coefficient (Wildman–Crippen LogP) is 1.62. The lowest BCUT2D eigenvalue weighted by atomic mass is 10.1. The number of hydrogen-bond donors (Lipinski definition) is 1. The minimum absolute atomic E-state index is 0.0507. The molecule has 0 fully saturated rings. The maximum Gasteiger partial charge on any atom is 0.0946 e. The van der Waals surface area contributed by atoms with Crippen molar-refractivity contribution in [3.63, 3.8) is 0 Å². The minimum Gasteiger partial charge on any atom is -0.336 e. The third kappa shape index (κ3) is 3.43. The van der Waals surface area contributed by atoms with Crippen molar-refractivity contribution in [3.8, 4) is 0 Å². The smallest absolute Gasteiger partial charge is 0.0946 e. The normalized spacial score (nSPS) is 11.9. The van der Waals surface area contributed by atoms with E-state index in [0.717, 1.165) is 19.6 Å². The zero-order valence-electron chi connectivity index (χ0n) is 11.3. The van der Waals surface area contributed by atoms with Crippen molar-refractivity contribution >= 4 is 0 Å². The fourth-order valence-corrected chi connectivity index (χ4v) is 1.68. The molecule has 2 rings (SSSR count). The molecule has 0 aliphatic carbocycles. The summed E-state index contributed by atoms with van der Waals surface area (Å²) < 4.78 is 4.06. The Morgan fingerprint density at radius 2 is 2.17 bits per heavy atom. The maximum atomic E-state index is 4.38. The summed E-state index contributed by atoms with van der Waals surface area (Å²) in [5, 5.41) is 7.78. The van der Waals surface area contributed by atoms with Crippen LogP contribution in [0.2, 0.25) is 0 Å². The van der Waals surface area contributed by atoms with Crippen molar-refractivity contribution in [2.75, 3.05) is 6.54 Å². The SMILES string of the molecule is CC(C)(C)n1cc(CNCCn2ccnc2)cn1. The molecule has 2 aromatic rings. The average Bonchev–Trinajstić information content (AvgIpc) is 2.95. The highest BCUT2D eigenvalue weighted by molar-refractivity contribution is 5.04. The maximum absolute atomic E-state index is 4.38. The average molecular weight is 247 g/mol. The molecule has 5 nitrogen and oxygen atoms in total. The number of imidazole rings is 1. The van der Waals surface area contributed by atoms with Crippen LogP contribution in [0.15, 0.2) is 31.1 Å². The molecule has 0 saturated carbocycles. The third-order valence-electron chi connectivity index (χ3n) is 2.76. The van der Waals surface area contributed by atoms with Gasteiger partial charge in [-0.2, -0.15) is 5.10 Å². The van der Waals surface area contributed by atoms with Gasteiger partial charge in [0.25, 0.3) is 0 Å². The summed E-state index contributed by atoms with van der Waals surface area (Å²) in [5.74, 6) is 0. The van der Waals surface area contributed by atoms with E-state index in [9.17, 15) is 0 Å². The van der Waals surface area contributed by atoms with Gasteiger partial charge in [-0.05, 0) is 20.8 Å². The van der Waals surface area contributed by atoms with Crippen LogP contribution in [0.25, 0.3) is 0 Å². The summed E-state index contributed by atoms with van der Waals surface area (Å²) >= 11 is 0. The van der Waals surface area contributed by atoms with Crippen molar-refractivity contribution in [1.29, 1.82) is 0 Å². The van der Waals surface area contributed by atoms with Crippen LogP contribution in [-0.2, 0) is 18.6 Å². The first-order valence-corrected chi connectivity index (χ1v) is 6.26. The highest BCUT2D eigenvalue weighted by atomic mass is 15.3. The van der Waals surface area contributed by atoms with Gasteiger partial charge in [0.2, 0.25) is 0 Å². The topological polar surface area (TPSA) is 47.7 Å². The Morgan fingerprint density at radius 1 is 1.33 bits per heavy atom. The zero-order chi connectivity index (χ0) is 13.0. The van der Waals surface area contributed by atoms with Crippen molar-refractivity contribution in [2.45, 2.75) is 39.4 Å². The molecule has 0 saturated heterocycles. The van der Waals surface area contributed by atoms with E-state index in [1.807, 2.05) is 23.4 Å². The largest absolute Gasteiger partial charge is 0.336 e. The van der Waals surface area contributed by atoms with Crippen LogP contribution < -0.4 is 5.32 Å². The van der Waals surface area contributed by atoms with Gasteiger partial charge in [0, 0.05) is 43.8 Å². The van der Waals surface area contributed by atoms with Crippen molar-refractivity contribution in [3.05, 3.63) is 36.7 Å². The van der Waals surface area contributed by atoms with E-state index in [1.54, 1.807) is 6.20 Å². The van der Waals surface area contributed by atoms with Crippen LogP contribution in [0.3, 0.4) is 0 Å². The lowest BCUT2D eigenvalue weighted by molar-refractivity contribution is 0.355. The fraction of sp³-hybridized carbons (Fsp3) is 0.538. The molecule has 2 heterocycles. The first kappa shape index (κ1) is 12.8. The monoisotopic (exact) mass is 247 g/mol. The van der Waals surface area contributed by atoms with Crippen LogP contribution in [0, 0.1) is 0 Å². The van der Waals surface area contributed by atoms with Crippen LogP contribution >= 0.6 is 0 Å². The zero-order valence-corrected chi connectivity index (χ0v) is 11.3. The molecule has 0 aliphatic heterocycles. The van der Waals surface area contributed by atoms with Crippen LogP contribution in [0.4, 0.5) is 0 Å². The molecule has 0 aromatic carbocycles. The first-order valence-electron chi connectivity index (χ1n) is 6.26. The van der Waals surface area contributed by atoms with E-state index in [0.29, 0.717) is 0 Å². The summed E-state index contributed by atoms with van der Waals surface area (Å²) in [6, 6.07) is 0. The molecular formula is C13H21N5. The van der Waals surface area contributed by atoms with Gasteiger partial charge in [-0.15, -0.1) is 0 Å². The van der Waals surface area contributed by atoms with Gasteiger partial charge >= 0.3 is 0 Å². The van der Waals surface area contributed by atoms with Crippen LogP contribution in [-0.4, -0.2) is 25.9 Å². The van der Waals surface area contributed by atoms with Crippen molar-refractivity contribution < 1.29 is 0 Å². The Morgan fingerprint density at radius 3 is 2.78 bits per heavy atom. The van der Waals surface area contributed by atoms with Crippen LogP contribution in [0.5, 0.6) is 0 Å². The molecule has 0 aliphatic rings. The second kappa shape index (κ2) is 5.35. The second-order valence-electron chi connectivity index (χ2n) is 5.44. The Balaban J connectivity index is 1.75. The van der Waals surface area contributed by atoms with Gasteiger partial charge in [-0.1, -0.05) is 0 Å². The third-order valence-corrected chi connectivity index (χ3v) is 2.76. The van der Waals surface area contributed by atoms with Gasteiger partial charge in [-0.25, -0.2) is 4.98 Å². The number of nitrogens with one attached hydrogen (secondary N) is 1. The quantitative estimate of drug-likeness (QED) is 0.817. The van der Waals surface area contributed by atoms with E-state index in [2.05, 4.69) is 46.9 Å². The van der Waals surface area contributed by atoms with Gasteiger partial charge in [0.15, 0.2) is 0 Å². The lowest BCUT2D eigenvalue weighted by Crippen LogP contribution is -2.22. The summed E-state index contributed by atoms with van der Waals surface area (Å²) in [5.41, 5.74) is 1.27. The standard InChI is InChI=1S/C13H21N5/c1-13(2,3)18-10-12(9-16-18)8-14-4-6-17-7-5-15-11-17/h5,7,9-11,14H,4,6,8H2,1-3H3. The van der Waals surface area contributed by atoms with Gasteiger partial charge in [0.05, 0.1) is 18.1 Å². The number of aromatic nitrogens is 4. The number of rotatable bonds is 5.